The number of hydrogen-bond donors (Lipinski definition) is 2. The van der Waals surface area contributed by atoms with Crippen LogP contribution in [-0.2, 0) is 6.18 Å². The number of alkyl halides is 3. The Bertz CT molecular complexity index is 457. The second-order valence-corrected chi connectivity index (χ2v) is 3.98. The van der Waals surface area contributed by atoms with E-state index in [0.29, 0.717) is 0 Å². The van der Waals surface area contributed by atoms with Crippen molar-refractivity contribution in [3.63, 3.8) is 0 Å². The molecule has 88 valence electrons. The number of carboxylic acid groups (broad SMARTS) is 1. The molecule has 0 aliphatic heterocycles. The van der Waals surface area contributed by atoms with Crippen molar-refractivity contribution in [2.45, 2.75) is 13.1 Å². The van der Waals surface area contributed by atoms with Crippen LogP contribution in [0.15, 0.2) is 10.5 Å². The van der Waals surface area contributed by atoms with E-state index < -0.39 is 23.3 Å². The van der Waals surface area contributed by atoms with E-state index in [0.717, 1.165) is 13.0 Å². The van der Waals surface area contributed by atoms with Gasteiger partial charge in [-0.1, -0.05) is 0 Å². The highest BCUT2D eigenvalue weighted by Crippen LogP contribution is 2.39. The fourth-order valence-corrected chi connectivity index (χ4v) is 1.85. The monoisotopic (exact) mass is 297 g/mol. The van der Waals surface area contributed by atoms with Gasteiger partial charge in [0.05, 0.1) is 11.1 Å². The Morgan fingerprint density at radius 2 is 2.00 bits per heavy atom. The van der Waals surface area contributed by atoms with Crippen molar-refractivity contribution in [2.24, 2.45) is 0 Å². The predicted molar refractivity (Wildman–Crippen MR) is 55.3 cm³/mol. The lowest BCUT2D eigenvalue weighted by atomic mass is 10.00. The molecule has 16 heavy (non-hydrogen) atoms. The van der Waals surface area contributed by atoms with Crippen molar-refractivity contribution in [1.82, 2.24) is 0 Å². The highest BCUT2D eigenvalue weighted by Gasteiger charge is 2.38. The van der Waals surface area contributed by atoms with Crippen molar-refractivity contribution in [2.75, 3.05) is 5.73 Å². The van der Waals surface area contributed by atoms with Gasteiger partial charge in [0.1, 0.15) is 0 Å². The lowest BCUT2D eigenvalue weighted by Gasteiger charge is -2.16. The van der Waals surface area contributed by atoms with Crippen LogP contribution in [0.3, 0.4) is 0 Å². The summed E-state index contributed by atoms with van der Waals surface area (Å²) in [6, 6.07) is 0.855. The number of carbonyl (C=O) groups is 1. The van der Waals surface area contributed by atoms with Gasteiger partial charge >= 0.3 is 12.1 Å². The van der Waals surface area contributed by atoms with Crippen LogP contribution < -0.4 is 5.73 Å². The van der Waals surface area contributed by atoms with Gasteiger partial charge in [0.15, 0.2) is 0 Å². The molecule has 1 aromatic carbocycles. The zero-order valence-electron chi connectivity index (χ0n) is 8.02. The molecule has 0 heterocycles. The molecule has 0 amide bonds. The van der Waals surface area contributed by atoms with Crippen molar-refractivity contribution >= 4 is 27.6 Å². The molecule has 0 aliphatic rings. The number of halogens is 4. The highest BCUT2D eigenvalue weighted by atomic mass is 79.9. The van der Waals surface area contributed by atoms with Crippen molar-refractivity contribution in [3.8, 4) is 0 Å². The SMILES string of the molecule is Cc1c(N)c(Br)cc(C(=O)O)c1C(F)(F)F. The Morgan fingerprint density at radius 3 is 2.38 bits per heavy atom. The highest BCUT2D eigenvalue weighted by molar-refractivity contribution is 9.10. The van der Waals surface area contributed by atoms with E-state index in [4.69, 9.17) is 10.8 Å². The number of aromatic carboxylic acids is 1. The first kappa shape index (κ1) is 12.8. The van der Waals surface area contributed by atoms with E-state index in [1.54, 1.807) is 0 Å². The zero-order chi connectivity index (χ0) is 12.7. The first-order valence-electron chi connectivity index (χ1n) is 4.05. The van der Waals surface area contributed by atoms with E-state index >= 15 is 0 Å². The third-order valence-electron chi connectivity index (χ3n) is 2.09. The van der Waals surface area contributed by atoms with Crippen LogP contribution in [0.5, 0.6) is 0 Å². The fourth-order valence-electron chi connectivity index (χ4n) is 1.33. The molecule has 0 aromatic heterocycles. The molecule has 0 unspecified atom stereocenters. The van der Waals surface area contributed by atoms with Gasteiger partial charge in [0, 0.05) is 10.2 Å². The van der Waals surface area contributed by atoms with Crippen LogP contribution in [0.4, 0.5) is 18.9 Å². The van der Waals surface area contributed by atoms with Gasteiger partial charge in [-0.3, -0.25) is 0 Å². The molecule has 3 N–H and O–H groups in total. The predicted octanol–water partition coefficient (Wildman–Crippen LogP) is 3.06. The molecule has 3 nitrogen and oxygen atoms in total. The summed E-state index contributed by atoms with van der Waals surface area (Å²) in [5.74, 6) is -1.64. The summed E-state index contributed by atoms with van der Waals surface area (Å²) in [5.41, 5.74) is 2.98. The summed E-state index contributed by atoms with van der Waals surface area (Å²) in [6.07, 6.45) is -4.74. The van der Waals surface area contributed by atoms with Crippen LogP contribution in [0, 0.1) is 6.92 Å². The largest absolute Gasteiger partial charge is 0.478 e. The third-order valence-corrected chi connectivity index (χ3v) is 2.75. The smallest absolute Gasteiger partial charge is 0.417 e. The van der Waals surface area contributed by atoms with Crippen molar-refractivity contribution in [3.05, 3.63) is 27.2 Å². The minimum atomic E-state index is -4.74. The van der Waals surface area contributed by atoms with E-state index in [-0.39, 0.29) is 15.7 Å². The van der Waals surface area contributed by atoms with Gasteiger partial charge < -0.3 is 10.8 Å². The maximum atomic E-state index is 12.6. The summed E-state index contributed by atoms with van der Waals surface area (Å²) in [7, 11) is 0. The molecule has 1 rings (SSSR count). The number of rotatable bonds is 1. The summed E-state index contributed by atoms with van der Waals surface area (Å²) >= 11 is 2.91. The molecule has 0 saturated heterocycles. The first-order chi connectivity index (χ1) is 7.16. The second-order valence-electron chi connectivity index (χ2n) is 3.12. The van der Waals surface area contributed by atoms with Crippen LogP contribution in [0.2, 0.25) is 0 Å². The number of benzene rings is 1. The third kappa shape index (κ3) is 2.13. The minimum Gasteiger partial charge on any atom is -0.478 e. The van der Waals surface area contributed by atoms with Gasteiger partial charge in [0.2, 0.25) is 0 Å². The van der Waals surface area contributed by atoms with Crippen molar-refractivity contribution < 1.29 is 23.1 Å². The minimum absolute atomic E-state index is 0.114. The molecule has 0 spiro atoms. The van der Waals surface area contributed by atoms with Crippen LogP contribution in [0.25, 0.3) is 0 Å². The molecule has 0 radical (unpaired) electrons. The van der Waals surface area contributed by atoms with Crippen molar-refractivity contribution in [1.29, 1.82) is 0 Å². The number of carboxylic acids is 1. The maximum absolute atomic E-state index is 12.6. The molecule has 0 bridgehead atoms. The molecule has 1 aromatic rings. The van der Waals surface area contributed by atoms with E-state index in [1.807, 2.05) is 0 Å². The number of nitrogens with two attached hydrogens (primary N) is 1. The van der Waals surface area contributed by atoms with Gasteiger partial charge in [-0.05, 0) is 34.5 Å². The molecule has 0 aliphatic carbocycles. The fraction of sp³-hybridized carbons (Fsp3) is 0.222. The summed E-state index contributed by atoms with van der Waals surface area (Å²) in [4.78, 5) is 10.7. The molecular weight excluding hydrogens is 291 g/mol. The van der Waals surface area contributed by atoms with Crippen LogP contribution in [0.1, 0.15) is 21.5 Å². The Hall–Kier alpha value is -1.24. The standard InChI is InChI=1S/C9H7BrF3NO2/c1-3-6(9(11,12)13)4(8(15)16)2-5(10)7(3)14/h2H,14H2,1H3,(H,15,16). The van der Waals surface area contributed by atoms with Gasteiger partial charge in [-0.15, -0.1) is 0 Å². The normalized spacial score (nSPS) is 11.6. The quantitative estimate of drug-likeness (QED) is 0.783. The number of anilines is 1. The van der Waals surface area contributed by atoms with Crippen LogP contribution >= 0.6 is 15.9 Å². The Kier molecular flexibility index (Phi) is 3.18. The lowest BCUT2D eigenvalue weighted by molar-refractivity contribution is -0.138. The van der Waals surface area contributed by atoms with Gasteiger partial charge in [0.25, 0.3) is 0 Å². The topological polar surface area (TPSA) is 63.3 Å². The lowest BCUT2D eigenvalue weighted by Crippen LogP contribution is -2.16. The Balaban J connectivity index is 3.68. The maximum Gasteiger partial charge on any atom is 0.417 e. The Morgan fingerprint density at radius 1 is 1.50 bits per heavy atom. The summed E-state index contributed by atoms with van der Waals surface area (Å²) in [5, 5.41) is 8.71. The van der Waals surface area contributed by atoms with Crippen LogP contribution in [-0.4, -0.2) is 11.1 Å². The second kappa shape index (κ2) is 3.97. The van der Waals surface area contributed by atoms with Gasteiger partial charge in [-0.25, -0.2) is 4.79 Å². The average Bonchev–Trinajstić information content (AvgIpc) is 2.10. The number of nitrogen functional groups attached to an aromatic ring is 1. The molecule has 7 heteroatoms. The Labute approximate surface area is 97.2 Å². The van der Waals surface area contributed by atoms with E-state index in [1.165, 1.54) is 0 Å². The first-order valence-corrected chi connectivity index (χ1v) is 4.84. The zero-order valence-corrected chi connectivity index (χ0v) is 9.61. The average molecular weight is 298 g/mol. The molecule has 0 atom stereocenters. The summed E-state index contributed by atoms with van der Waals surface area (Å²) < 4.78 is 38.1. The number of hydrogen-bond acceptors (Lipinski definition) is 2. The van der Waals surface area contributed by atoms with E-state index in [9.17, 15) is 18.0 Å². The van der Waals surface area contributed by atoms with Gasteiger partial charge in [-0.2, -0.15) is 13.2 Å². The van der Waals surface area contributed by atoms with E-state index in [2.05, 4.69) is 15.9 Å². The summed E-state index contributed by atoms with van der Waals surface area (Å²) in [6.45, 7) is 1.13. The molecule has 0 fully saturated rings. The molecule has 0 saturated carbocycles. The molecular formula is C9H7BrF3NO2.